The summed E-state index contributed by atoms with van der Waals surface area (Å²) >= 11 is 0. The maximum absolute atomic E-state index is 12.7. The van der Waals surface area contributed by atoms with E-state index in [1.54, 1.807) is 16.7 Å². The van der Waals surface area contributed by atoms with E-state index < -0.39 is 5.60 Å². The molecule has 1 aliphatic heterocycles. The number of aromatic nitrogens is 4. The minimum atomic E-state index is -1.42. The van der Waals surface area contributed by atoms with Crippen LogP contribution in [-0.4, -0.2) is 78.7 Å². The molecule has 1 saturated heterocycles. The van der Waals surface area contributed by atoms with Crippen molar-refractivity contribution < 1.29 is 14.7 Å². The van der Waals surface area contributed by atoms with Crippen molar-refractivity contribution in [2.45, 2.75) is 31.9 Å². The number of carbonyl (C=O) groups is 2. The summed E-state index contributed by atoms with van der Waals surface area (Å²) in [6, 6.07) is 9.78. The van der Waals surface area contributed by atoms with Gasteiger partial charge < -0.3 is 14.9 Å². The third kappa shape index (κ3) is 4.88. The van der Waals surface area contributed by atoms with Gasteiger partial charge in [-0.2, -0.15) is 0 Å². The van der Waals surface area contributed by atoms with Crippen LogP contribution in [0.3, 0.4) is 0 Å². The van der Waals surface area contributed by atoms with E-state index in [9.17, 15) is 14.7 Å². The van der Waals surface area contributed by atoms with E-state index >= 15 is 0 Å². The average molecular weight is 372 g/mol. The van der Waals surface area contributed by atoms with Crippen molar-refractivity contribution in [3.05, 3.63) is 42.2 Å². The molecule has 0 radical (unpaired) electrons. The van der Waals surface area contributed by atoms with Gasteiger partial charge in [0.25, 0.3) is 5.91 Å². The normalized spacial score (nSPS) is 16.8. The molecule has 1 unspecified atom stereocenters. The monoisotopic (exact) mass is 372 g/mol. The Morgan fingerprint density at radius 3 is 2.41 bits per heavy atom. The van der Waals surface area contributed by atoms with E-state index in [-0.39, 0.29) is 18.4 Å². The van der Waals surface area contributed by atoms with Crippen LogP contribution in [0.4, 0.5) is 0 Å². The Morgan fingerprint density at radius 2 is 1.78 bits per heavy atom. The number of hydrogen-bond donors (Lipinski definition) is 1. The van der Waals surface area contributed by atoms with Crippen LogP contribution >= 0.6 is 0 Å². The molecule has 1 aliphatic rings. The summed E-state index contributed by atoms with van der Waals surface area (Å²) in [5.74, 6) is -0.378. The van der Waals surface area contributed by atoms with Crippen LogP contribution in [-0.2, 0) is 22.6 Å². The minimum absolute atomic E-state index is 0.0791. The maximum atomic E-state index is 12.7. The molecule has 1 aromatic carbocycles. The van der Waals surface area contributed by atoms with E-state index in [0.29, 0.717) is 39.0 Å². The molecule has 2 heterocycles. The SMILES string of the molecule is CC(O)(CCc1ccccc1)C(=O)N1CCN(C(=O)Cn2cnnn2)CC1. The van der Waals surface area contributed by atoms with Gasteiger partial charge in [0.15, 0.2) is 0 Å². The third-order valence-electron chi connectivity index (χ3n) is 4.81. The van der Waals surface area contributed by atoms with Gasteiger partial charge in [0.1, 0.15) is 18.5 Å². The second-order valence-corrected chi connectivity index (χ2v) is 6.94. The summed E-state index contributed by atoms with van der Waals surface area (Å²) in [6.45, 7) is 3.31. The van der Waals surface area contributed by atoms with Gasteiger partial charge in [0.2, 0.25) is 5.91 Å². The lowest BCUT2D eigenvalue weighted by atomic mass is 9.95. The fraction of sp³-hybridized carbons (Fsp3) is 0.500. The molecule has 144 valence electrons. The Kier molecular flexibility index (Phi) is 5.80. The van der Waals surface area contributed by atoms with Crippen LogP contribution in [0.5, 0.6) is 0 Å². The first-order chi connectivity index (χ1) is 13.0. The Balaban J connectivity index is 1.49. The highest BCUT2D eigenvalue weighted by Crippen LogP contribution is 2.18. The zero-order valence-corrected chi connectivity index (χ0v) is 15.4. The number of nitrogens with zero attached hydrogens (tertiary/aromatic N) is 6. The van der Waals surface area contributed by atoms with Crippen molar-refractivity contribution in [1.82, 2.24) is 30.0 Å². The lowest BCUT2D eigenvalue weighted by Gasteiger charge is -2.38. The summed E-state index contributed by atoms with van der Waals surface area (Å²) in [5, 5.41) is 21.3. The number of benzene rings is 1. The van der Waals surface area contributed by atoms with Gasteiger partial charge >= 0.3 is 0 Å². The molecule has 0 aliphatic carbocycles. The Bertz CT molecular complexity index is 755. The fourth-order valence-corrected chi connectivity index (χ4v) is 3.13. The minimum Gasteiger partial charge on any atom is -0.380 e. The lowest BCUT2D eigenvalue weighted by molar-refractivity contribution is -0.154. The molecule has 0 saturated carbocycles. The van der Waals surface area contributed by atoms with Gasteiger partial charge in [-0.15, -0.1) is 5.10 Å². The van der Waals surface area contributed by atoms with E-state index in [2.05, 4.69) is 15.5 Å². The standard InChI is InChI=1S/C18H24N6O3/c1-18(27,8-7-15-5-3-2-4-6-15)17(26)23-11-9-22(10-12-23)16(25)13-24-14-19-20-21-24/h2-6,14,27H,7-13H2,1H3. The first-order valence-corrected chi connectivity index (χ1v) is 9.00. The fourth-order valence-electron chi connectivity index (χ4n) is 3.13. The molecule has 2 aromatic rings. The van der Waals surface area contributed by atoms with Crippen LogP contribution in [0.2, 0.25) is 0 Å². The summed E-state index contributed by atoms with van der Waals surface area (Å²) in [5.41, 5.74) is -0.336. The molecular formula is C18H24N6O3. The van der Waals surface area contributed by atoms with Crippen molar-refractivity contribution in [1.29, 1.82) is 0 Å². The summed E-state index contributed by atoms with van der Waals surface area (Å²) in [6.07, 6.45) is 2.37. The third-order valence-corrected chi connectivity index (χ3v) is 4.81. The number of aryl methyl sites for hydroxylation is 1. The van der Waals surface area contributed by atoms with Crippen molar-refractivity contribution in [2.75, 3.05) is 26.2 Å². The predicted molar refractivity (Wildman–Crippen MR) is 96.4 cm³/mol. The highest BCUT2D eigenvalue weighted by Gasteiger charge is 2.36. The van der Waals surface area contributed by atoms with Gasteiger partial charge in [-0.1, -0.05) is 30.3 Å². The second kappa shape index (κ2) is 8.26. The first kappa shape index (κ1) is 19.0. The van der Waals surface area contributed by atoms with Gasteiger partial charge in [0.05, 0.1) is 0 Å². The van der Waals surface area contributed by atoms with Gasteiger partial charge in [-0.05, 0) is 35.8 Å². The summed E-state index contributed by atoms with van der Waals surface area (Å²) < 4.78 is 1.37. The Morgan fingerprint density at radius 1 is 1.11 bits per heavy atom. The topological polar surface area (TPSA) is 104 Å². The van der Waals surface area contributed by atoms with Crippen molar-refractivity contribution in [2.24, 2.45) is 0 Å². The summed E-state index contributed by atoms with van der Waals surface area (Å²) in [4.78, 5) is 28.3. The van der Waals surface area contributed by atoms with Gasteiger partial charge in [-0.3, -0.25) is 9.59 Å². The van der Waals surface area contributed by atoms with Gasteiger partial charge in [-0.25, -0.2) is 4.68 Å². The molecule has 3 rings (SSSR count). The maximum Gasteiger partial charge on any atom is 0.254 e. The van der Waals surface area contributed by atoms with Crippen LogP contribution in [0.25, 0.3) is 0 Å². The average Bonchev–Trinajstić information content (AvgIpc) is 3.20. The molecule has 1 N–H and O–H groups in total. The number of hydrogen-bond acceptors (Lipinski definition) is 6. The van der Waals surface area contributed by atoms with Crippen molar-refractivity contribution >= 4 is 11.8 Å². The van der Waals surface area contributed by atoms with Crippen LogP contribution < -0.4 is 0 Å². The Hall–Kier alpha value is -2.81. The van der Waals surface area contributed by atoms with E-state index in [1.165, 1.54) is 11.0 Å². The molecule has 1 fully saturated rings. The number of rotatable bonds is 6. The molecule has 2 amide bonds. The number of piperazine rings is 1. The number of tetrazole rings is 1. The van der Waals surface area contributed by atoms with Gasteiger partial charge in [0, 0.05) is 26.2 Å². The van der Waals surface area contributed by atoms with E-state index in [0.717, 1.165) is 5.56 Å². The lowest BCUT2D eigenvalue weighted by Crippen LogP contribution is -2.56. The zero-order chi connectivity index (χ0) is 19.3. The van der Waals surface area contributed by atoms with Crippen molar-refractivity contribution in [3.8, 4) is 0 Å². The molecule has 9 nitrogen and oxygen atoms in total. The molecule has 0 spiro atoms. The molecule has 27 heavy (non-hydrogen) atoms. The summed E-state index contributed by atoms with van der Waals surface area (Å²) in [7, 11) is 0. The predicted octanol–water partition coefficient (Wildman–Crippen LogP) is -0.272. The smallest absolute Gasteiger partial charge is 0.254 e. The van der Waals surface area contributed by atoms with E-state index in [1.807, 2.05) is 30.3 Å². The molecule has 1 atom stereocenters. The molecular weight excluding hydrogens is 348 g/mol. The quantitative estimate of drug-likeness (QED) is 0.748. The highest BCUT2D eigenvalue weighted by atomic mass is 16.3. The van der Waals surface area contributed by atoms with Crippen molar-refractivity contribution in [3.63, 3.8) is 0 Å². The van der Waals surface area contributed by atoms with E-state index in [4.69, 9.17) is 0 Å². The second-order valence-electron chi connectivity index (χ2n) is 6.94. The molecule has 9 heteroatoms. The Labute approximate surface area is 157 Å². The molecule has 1 aromatic heterocycles. The van der Waals surface area contributed by atoms with Crippen LogP contribution in [0.1, 0.15) is 18.9 Å². The zero-order valence-electron chi connectivity index (χ0n) is 15.4. The number of carbonyl (C=O) groups excluding carboxylic acids is 2. The first-order valence-electron chi connectivity index (χ1n) is 9.00. The number of amides is 2. The van der Waals surface area contributed by atoms with Crippen LogP contribution in [0.15, 0.2) is 36.7 Å². The largest absolute Gasteiger partial charge is 0.380 e. The van der Waals surface area contributed by atoms with Crippen LogP contribution in [0, 0.1) is 0 Å². The highest BCUT2D eigenvalue weighted by molar-refractivity contribution is 5.85. The number of aliphatic hydroxyl groups is 1. The molecule has 0 bridgehead atoms.